The van der Waals surface area contributed by atoms with Crippen molar-refractivity contribution < 1.29 is 25.2 Å². The number of hydrogen-bond acceptors (Lipinski definition) is 6. The molecule has 0 saturated carbocycles. The van der Waals surface area contributed by atoms with Crippen molar-refractivity contribution in [2.24, 2.45) is 7.05 Å². The quantitative estimate of drug-likeness (QED) is 0.542. The number of fused-ring (bicyclic) bond motifs is 1. The molecule has 1 fully saturated rings. The molecule has 4 N–H and O–H groups in total. The van der Waals surface area contributed by atoms with Crippen LogP contribution in [-0.4, -0.2) is 61.0 Å². The van der Waals surface area contributed by atoms with Crippen molar-refractivity contribution >= 4 is 11.0 Å². The van der Waals surface area contributed by atoms with Crippen LogP contribution in [0.3, 0.4) is 0 Å². The van der Waals surface area contributed by atoms with Gasteiger partial charge in [0.05, 0.1) is 24.0 Å². The minimum Gasteiger partial charge on any atom is -0.394 e. The summed E-state index contributed by atoms with van der Waals surface area (Å²) in [6.45, 7) is -0.446. The number of rotatable bonds is 3. The summed E-state index contributed by atoms with van der Waals surface area (Å²) < 4.78 is 7.61. The largest absolute Gasteiger partial charge is 0.394 e. The van der Waals surface area contributed by atoms with E-state index in [0.717, 1.165) is 22.2 Å². The SMILES string of the molecule is Cn1cnc2ccc(-c3cccc([C@H]4O[C@H](CO)[C@@H](O)[C@H](O)[C@@H]4O)c3)cc21. The first-order chi connectivity index (χ1) is 13.0. The Bertz CT molecular complexity index is 954. The lowest BCUT2D eigenvalue weighted by Crippen LogP contribution is -2.55. The summed E-state index contributed by atoms with van der Waals surface area (Å²) in [4.78, 5) is 4.32. The molecule has 3 aromatic rings. The van der Waals surface area contributed by atoms with Gasteiger partial charge in [0.15, 0.2) is 0 Å². The lowest BCUT2D eigenvalue weighted by molar-refractivity contribution is -0.231. The topological polar surface area (TPSA) is 108 Å². The van der Waals surface area contributed by atoms with Gasteiger partial charge >= 0.3 is 0 Å². The fraction of sp³-hybridized carbons (Fsp3) is 0.350. The van der Waals surface area contributed by atoms with Gasteiger partial charge < -0.3 is 29.7 Å². The van der Waals surface area contributed by atoms with Gasteiger partial charge in [-0.1, -0.05) is 24.3 Å². The summed E-state index contributed by atoms with van der Waals surface area (Å²) in [5, 5.41) is 39.7. The second-order valence-corrected chi connectivity index (χ2v) is 6.93. The van der Waals surface area contributed by atoms with Crippen LogP contribution in [0.15, 0.2) is 48.8 Å². The highest BCUT2D eigenvalue weighted by Gasteiger charge is 2.43. The smallest absolute Gasteiger partial charge is 0.113 e. The van der Waals surface area contributed by atoms with Crippen molar-refractivity contribution in [3.63, 3.8) is 0 Å². The molecule has 0 radical (unpaired) electrons. The summed E-state index contributed by atoms with van der Waals surface area (Å²) in [7, 11) is 1.93. The maximum absolute atomic E-state index is 10.4. The van der Waals surface area contributed by atoms with Gasteiger partial charge in [-0.2, -0.15) is 0 Å². The van der Waals surface area contributed by atoms with E-state index in [-0.39, 0.29) is 0 Å². The molecule has 1 aliphatic heterocycles. The number of benzene rings is 2. The van der Waals surface area contributed by atoms with Crippen molar-refractivity contribution in [1.82, 2.24) is 9.55 Å². The van der Waals surface area contributed by atoms with Crippen LogP contribution in [0.2, 0.25) is 0 Å². The Morgan fingerprint density at radius 2 is 1.78 bits per heavy atom. The lowest BCUT2D eigenvalue weighted by atomic mass is 9.90. The minimum absolute atomic E-state index is 0.446. The minimum atomic E-state index is -1.39. The normalized spacial score (nSPS) is 28.6. The summed E-state index contributed by atoms with van der Waals surface area (Å²) in [5.74, 6) is 0. The summed E-state index contributed by atoms with van der Waals surface area (Å²) in [6, 6.07) is 13.4. The Morgan fingerprint density at radius 3 is 2.56 bits per heavy atom. The molecular formula is C20H22N2O5. The van der Waals surface area contributed by atoms with Crippen LogP contribution < -0.4 is 0 Å². The number of aliphatic hydroxyl groups excluding tert-OH is 4. The van der Waals surface area contributed by atoms with Crippen molar-refractivity contribution in [3.8, 4) is 11.1 Å². The first-order valence-corrected chi connectivity index (χ1v) is 8.81. The van der Waals surface area contributed by atoms with E-state index < -0.39 is 37.1 Å². The van der Waals surface area contributed by atoms with E-state index in [1.54, 1.807) is 12.4 Å². The summed E-state index contributed by atoms with van der Waals surface area (Å²) >= 11 is 0. The first-order valence-electron chi connectivity index (χ1n) is 8.81. The van der Waals surface area contributed by atoms with Crippen LogP contribution in [0, 0.1) is 0 Å². The molecule has 2 aromatic carbocycles. The number of imidazole rings is 1. The highest BCUT2D eigenvalue weighted by Crippen LogP contribution is 2.34. The molecule has 4 rings (SSSR count). The molecule has 5 atom stereocenters. The molecular weight excluding hydrogens is 348 g/mol. The fourth-order valence-electron chi connectivity index (χ4n) is 3.58. The van der Waals surface area contributed by atoms with Gasteiger partial charge in [-0.05, 0) is 34.9 Å². The predicted octanol–water partition coefficient (Wildman–Crippen LogP) is 0.755. The maximum Gasteiger partial charge on any atom is 0.113 e. The van der Waals surface area contributed by atoms with E-state index in [4.69, 9.17) is 4.74 Å². The fourth-order valence-corrected chi connectivity index (χ4v) is 3.58. The third kappa shape index (κ3) is 3.13. The molecule has 1 aromatic heterocycles. The van der Waals surface area contributed by atoms with Crippen molar-refractivity contribution in [1.29, 1.82) is 0 Å². The van der Waals surface area contributed by atoms with Crippen molar-refractivity contribution in [2.45, 2.75) is 30.5 Å². The lowest BCUT2D eigenvalue weighted by Gasteiger charge is -2.40. The predicted molar refractivity (Wildman–Crippen MR) is 98.9 cm³/mol. The molecule has 0 bridgehead atoms. The standard InChI is InChI=1S/C20H22N2O5/c1-22-10-21-14-6-5-12(8-15(14)22)11-3-2-4-13(7-11)20-19(26)18(25)17(24)16(9-23)27-20/h2-8,10,16-20,23-26H,9H2,1H3/t16-,17-,18+,19+,20-/m1/s1. The van der Waals surface area contributed by atoms with E-state index in [1.165, 1.54) is 0 Å². The number of nitrogens with zero attached hydrogens (tertiary/aromatic N) is 2. The van der Waals surface area contributed by atoms with Crippen LogP contribution in [0.25, 0.3) is 22.2 Å². The number of aliphatic hydroxyl groups is 4. The van der Waals surface area contributed by atoms with Crippen LogP contribution >= 0.6 is 0 Å². The average Bonchev–Trinajstić information content (AvgIpc) is 3.07. The third-order valence-corrected chi connectivity index (χ3v) is 5.17. The number of aromatic nitrogens is 2. The second kappa shape index (κ2) is 7.03. The number of hydrogen-bond donors (Lipinski definition) is 4. The van der Waals surface area contributed by atoms with Gasteiger partial charge in [0.2, 0.25) is 0 Å². The van der Waals surface area contributed by atoms with E-state index in [2.05, 4.69) is 4.98 Å². The van der Waals surface area contributed by atoms with Crippen LogP contribution in [0.1, 0.15) is 11.7 Å². The third-order valence-electron chi connectivity index (χ3n) is 5.17. The summed E-state index contributed by atoms with van der Waals surface area (Å²) in [6.07, 6.45) is -4.06. The Morgan fingerprint density at radius 1 is 1.00 bits per heavy atom. The van der Waals surface area contributed by atoms with Gasteiger partial charge in [0.1, 0.15) is 30.5 Å². The van der Waals surface area contributed by atoms with E-state index in [0.29, 0.717) is 5.56 Å². The zero-order chi connectivity index (χ0) is 19.1. The highest BCUT2D eigenvalue weighted by molar-refractivity contribution is 5.82. The Kier molecular flexibility index (Phi) is 4.71. The van der Waals surface area contributed by atoms with Gasteiger partial charge in [0, 0.05) is 7.05 Å². The molecule has 0 amide bonds. The van der Waals surface area contributed by atoms with Gasteiger partial charge in [-0.15, -0.1) is 0 Å². The zero-order valence-electron chi connectivity index (χ0n) is 14.8. The van der Waals surface area contributed by atoms with Crippen molar-refractivity contribution in [2.75, 3.05) is 6.61 Å². The molecule has 0 aliphatic carbocycles. The molecule has 7 heteroatoms. The van der Waals surface area contributed by atoms with Crippen LogP contribution in [0.4, 0.5) is 0 Å². The van der Waals surface area contributed by atoms with Gasteiger partial charge in [-0.25, -0.2) is 4.98 Å². The zero-order valence-corrected chi connectivity index (χ0v) is 14.8. The molecule has 142 valence electrons. The molecule has 1 aliphatic rings. The molecule has 0 unspecified atom stereocenters. The molecule has 27 heavy (non-hydrogen) atoms. The van der Waals surface area contributed by atoms with Gasteiger partial charge in [-0.3, -0.25) is 0 Å². The van der Waals surface area contributed by atoms with E-state index in [9.17, 15) is 20.4 Å². The Balaban J connectivity index is 1.70. The van der Waals surface area contributed by atoms with E-state index in [1.807, 2.05) is 48.0 Å². The molecule has 7 nitrogen and oxygen atoms in total. The monoisotopic (exact) mass is 370 g/mol. The molecule has 1 saturated heterocycles. The molecule has 2 heterocycles. The number of ether oxygens (including phenoxy) is 1. The number of aryl methyl sites for hydroxylation is 1. The van der Waals surface area contributed by atoms with Crippen LogP contribution in [0.5, 0.6) is 0 Å². The van der Waals surface area contributed by atoms with E-state index >= 15 is 0 Å². The second-order valence-electron chi connectivity index (χ2n) is 6.93. The summed E-state index contributed by atoms with van der Waals surface area (Å²) in [5.41, 5.74) is 4.48. The maximum atomic E-state index is 10.4. The van der Waals surface area contributed by atoms with Gasteiger partial charge in [0.25, 0.3) is 0 Å². The molecule has 0 spiro atoms. The van der Waals surface area contributed by atoms with Crippen molar-refractivity contribution in [3.05, 3.63) is 54.4 Å². The first kappa shape index (κ1) is 18.1. The Labute approximate surface area is 156 Å². The highest BCUT2D eigenvalue weighted by atomic mass is 16.5. The van der Waals surface area contributed by atoms with Crippen LogP contribution in [-0.2, 0) is 11.8 Å². The Hall–Kier alpha value is -2.29. The average molecular weight is 370 g/mol.